The summed E-state index contributed by atoms with van der Waals surface area (Å²) in [5, 5.41) is 11.1. The van der Waals surface area contributed by atoms with Gasteiger partial charge in [-0.1, -0.05) is 41.7 Å². The molecule has 2 aromatic carbocycles. The van der Waals surface area contributed by atoms with Crippen LogP contribution >= 0.6 is 11.3 Å². The predicted molar refractivity (Wildman–Crippen MR) is 142 cm³/mol. The summed E-state index contributed by atoms with van der Waals surface area (Å²) < 4.78 is 16.5. The number of nitrogens with zero attached hydrogens (tertiary/aromatic N) is 4. The van der Waals surface area contributed by atoms with Crippen LogP contribution in [0, 0.1) is 11.3 Å². The molecule has 10 nitrogen and oxygen atoms in total. The second kappa shape index (κ2) is 10.5. The zero-order valence-electron chi connectivity index (χ0n) is 20.8. The number of allylic oxidation sites excluding steroid dienone is 1. The standard InChI is InChI=1S/C27H25N5O5S/c1-35-25(33)22-21(16-6-4-3-5-7-16)18(15-28)24(29)32(23(22)26(34)36-2)17-8-9-19-20(14-17)38-27(30-19)31-10-12-37-13-11-31/h3-9,14,21H,10-13,29H2,1-2H3. The summed E-state index contributed by atoms with van der Waals surface area (Å²) in [5.74, 6) is -2.45. The average Bonchev–Trinajstić information content (AvgIpc) is 3.40. The molecular formula is C27H25N5O5S. The molecule has 0 radical (unpaired) electrons. The van der Waals surface area contributed by atoms with Crippen LogP contribution in [-0.2, 0) is 23.8 Å². The van der Waals surface area contributed by atoms with Gasteiger partial charge in [-0.15, -0.1) is 0 Å². The molecule has 0 amide bonds. The highest BCUT2D eigenvalue weighted by Gasteiger charge is 2.43. The molecule has 1 unspecified atom stereocenters. The Hall–Kier alpha value is -4.40. The van der Waals surface area contributed by atoms with Crippen molar-refractivity contribution in [1.82, 2.24) is 4.98 Å². The van der Waals surface area contributed by atoms with Gasteiger partial charge in [0.2, 0.25) is 0 Å². The number of esters is 2. The summed E-state index contributed by atoms with van der Waals surface area (Å²) in [6.07, 6.45) is 0. The van der Waals surface area contributed by atoms with Gasteiger partial charge in [-0.25, -0.2) is 14.6 Å². The third kappa shape index (κ3) is 4.34. The number of benzene rings is 2. The summed E-state index contributed by atoms with van der Waals surface area (Å²) in [4.78, 5) is 34.8. The highest BCUT2D eigenvalue weighted by atomic mass is 32.1. The van der Waals surface area contributed by atoms with Crippen LogP contribution in [0.2, 0.25) is 0 Å². The normalized spacial score (nSPS) is 18.0. The molecule has 0 bridgehead atoms. The minimum atomic E-state index is -0.918. The van der Waals surface area contributed by atoms with Gasteiger partial charge >= 0.3 is 11.9 Å². The molecule has 2 N–H and O–H groups in total. The van der Waals surface area contributed by atoms with Crippen molar-refractivity contribution in [2.24, 2.45) is 5.73 Å². The van der Waals surface area contributed by atoms with Crippen molar-refractivity contribution in [2.75, 3.05) is 50.3 Å². The number of aromatic nitrogens is 1. The van der Waals surface area contributed by atoms with Crippen molar-refractivity contribution in [3.05, 3.63) is 76.8 Å². The Morgan fingerprint density at radius 1 is 1.11 bits per heavy atom. The fourth-order valence-corrected chi connectivity index (χ4v) is 5.76. The van der Waals surface area contributed by atoms with E-state index in [2.05, 4.69) is 11.0 Å². The fourth-order valence-electron chi connectivity index (χ4n) is 4.71. The lowest BCUT2D eigenvalue weighted by molar-refractivity contribution is -0.139. The lowest BCUT2D eigenvalue weighted by atomic mass is 9.81. The van der Waals surface area contributed by atoms with E-state index in [1.165, 1.54) is 30.5 Å². The van der Waals surface area contributed by atoms with Crippen molar-refractivity contribution in [2.45, 2.75) is 5.92 Å². The number of carbonyl (C=O) groups excluding carboxylic acids is 2. The van der Waals surface area contributed by atoms with Gasteiger partial charge in [0, 0.05) is 18.8 Å². The van der Waals surface area contributed by atoms with Gasteiger partial charge in [0.15, 0.2) is 5.13 Å². The molecule has 1 saturated heterocycles. The number of anilines is 2. The van der Waals surface area contributed by atoms with Crippen molar-refractivity contribution in [3.8, 4) is 6.07 Å². The van der Waals surface area contributed by atoms with E-state index in [9.17, 15) is 14.9 Å². The number of morpholine rings is 1. The Morgan fingerprint density at radius 2 is 1.82 bits per heavy atom. The number of nitriles is 1. The van der Waals surface area contributed by atoms with Crippen molar-refractivity contribution >= 4 is 44.3 Å². The van der Waals surface area contributed by atoms with E-state index in [0.717, 1.165) is 28.4 Å². The van der Waals surface area contributed by atoms with Crippen molar-refractivity contribution < 1.29 is 23.8 Å². The quantitative estimate of drug-likeness (QED) is 0.490. The maximum absolute atomic E-state index is 13.3. The maximum atomic E-state index is 13.3. The Morgan fingerprint density at radius 3 is 2.47 bits per heavy atom. The van der Waals surface area contributed by atoms with Gasteiger partial charge in [-0.3, -0.25) is 4.90 Å². The molecule has 3 aromatic rings. The first kappa shape index (κ1) is 25.3. The number of ether oxygens (including phenoxy) is 3. The second-order valence-electron chi connectivity index (χ2n) is 8.58. The van der Waals surface area contributed by atoms with Crippen LogP contribution in [0.3, 0.4) is 0 Å². The molecule has 3 heterocycles. The minimum Gasteiger partial charge on any atom is -0.466 e. The lowest BCUT2D eigenvalue weighted by Gasteiger charge is -2.35. The molecule has 2 aliphatic heterocycles. The van der Waals surface area contributed by atoms with Crippen LogP contribution in [0.25, 0.3) is 10.2 Å². The van der Waals surface area contributed by atoms with E-state index in [1.54, 1.807) is 30.3 Å². The molecule has 0 saturated carbocycles. The number of methoxy groups -OCH3 is 2. The number of hydrogen-bond donors (Lipinski definition) is 1. The van der Waals surface area contributed by atoms with Gasteiger partial charge in [0.25, 0.3) is 0 Å². The third-order valence-corrected chi connectivity index (χ3v) is 7.59. The molecule has 11 heteroatoms. The first-order valence-electron chi connectivity index (χ1n) is 11.9. The number of thiazole rings is 1. The van der Waals surface area contributed by atoms with Crippen LogP contribution in [0.5, 0.6) is 0 Å². The Labute approximate surface area is 223 Å². The van der Waals surface area contributed by atoms with E-state index < -0.39 is 17.9 Å². The Bertz CT molecular complexity index is 1500. The predicted octanol–water partition coefficient (Wildman–Crippen LogP) is 3.03. The molecule has 1 aromatic heterocycles. The smallest absolute Gasteiger partial charge is 0.355 e. The summed E-state index contributed by atoms with van der Waals surface area (Å²) in [6, 6.07) is 16.5. The van der Waals surface area contributed by atoms with Gasteiger partial charge in [0.05, 0.1) is 60.8 Å². The van der Waals surface area contributed by atoms with E-state index in [4.69, 9.17) is 24.9 Å². The van der Waals surface area contributed by atoms with Crippen LogP contribution in [0.4, 0.5) is 10.8 Å². The van der Waals surface area contributed by atoms with Gasteiger partial charge in [-0.05, 0) is 23.8 Å². The van der Waals surface area contributed by atoms with Crippen molar-refractivity contribution in [1.29, 1.82) is 5.26 Å². The molecule has 1 atom stereocenters. The van der Waals surface area contributed by atoms with E-state index in [1.807, 2.05) is 18.2 Å². The summed E-state index contributed by atoms with van der Waals surface area (Å²) in [6.45, 7) is 2.77. The molecule has 0 aliphatic carbocycles. The first-order valence-corrected chi connectivity index (χ1v) is 12.7. The van der Waals surface area contributed by atoms with Gasteiger partial charge in [-0.2, -0.15) is 5.26 Å². The van der Waals surface area contributed by atoms with Crippen LogP contribution in [-0.4, -0.2) is 57.4 Å². The topological polar surface area (TPSA) is 131 Å². The zero-order valence-corrected chi connectivity index (χ0v) is 21.7. The van der Waals surface area contributed by atoms with E-state index in [0.29, 0.717) is 24.5 Å². The van der Waals surface area contributed by atoms with Gasteiger partial charge < -0.3 is 24.8 Å². The van der Waals surface area contributed by atoms with E-state index >= 15 is 0 Å². The van der Waals surface area contributed by atoms with Crippen LogP contribution in [0.15, 0.2) is 71.2 Å². The van der Waals surface area contributed by atoms with Crippen LogP contribution < -0.4 is 15.5 Å². The van der Waals surface area contributed by atoms with E-state index in [-0.39, 0.29) is 22.7 Å². The minimum absolute atomic E-state index is 0.0201. The summed E-state index contributed by atoms with van der Waals surface area (Å²) in [7, 11) is 2.45. The summed E-state index contributed by atoms with van der Waals surface area (Å²) in [5.41, 5.74) is 8.44. The zero-order chi connectivity index (χ0) is 26.8. The molecule has 5 rings (SSSR count). The SMILES string of the molecule is COC(=O)C1=C(C(=O)OC)N(c2ccc3nc(N4CCOCC4)sc3c2)C(N)=C(C#N)C1c1ccccc1. The molecule has 1 fully saturated rings. The maximum Gasteiger partial charge on any atom is 0.355 e. The highest BCUT2D eigenvalue weighted by Crippen LogP contribution is 2.44. The first-order chi connectivity index (χ1) is 18.5. The number of carbonyl (C=O) groups is 2. The number of hydrogen-bond acceptors (Lipinski definition) is 11. The monoisotopic (exact) mass is 531 g/mol. The van der Waals surface area contributed by atoms with Crippen molar-refractivity contribution in [3.63, 3.8) is 0 Å². The molecule has 38 heavy (non-hydrogen) atoms. The number of fused-ring (bicyclic) bond motifs is 1. The highest BCUT2D eigenvalue weighted by molar-refractivity contribution is 7.22. The Kier molecular flexibility index (Phi) is 7.00. The summed E-state index contributed by atoms with van der Waals surface area (Å²) >= 11 is 1.50. The molecular weight excluding hydrogens is 506 g/mol. The Balaban J connectivity index is 1.70. The van der Waals surface area contributed by atoms with Crippen LogP contribution in [0.1, 0.15) is 11.5 Å². The second-order valence-corrected chi connectivity index (χ2v) is 9.59. The molecule has 194 valence electrons. The fraction of sp³-hybridized carbons (Fsp3) is 0.259. The average molecular weight is 532 g/mol. The molecule has 2 aliphatic rings. The molecule has 0 spiro atoms. The van der Waals surface area contributed by atoms with Gasteiger partial charge in [0.1, 0.15) is 11.5 Å². The number of nitrogens with two attached hydrogens (primary N) is 1. The lowest BCUT2D eigenvalue weighted by Crippen LogP contribution is -2.40. The third-order valence-electron chi connectivity index (χ3n) is 6.51. The number of rotatable bonds is 5. The largest absolute Gasteiger partial charge is 0.466 e.